The van der Waals surface area contributed by atoms with Crippen LogP contribution in [0.5, 0.6) is 0 Å². The smallest absolute Gasteiger partial charge is 0.410 e. The molecule has 1 aliphatic rings. The number of rotatable bonds is 12. The minimum atomic E-state index is -1.04. The average Bonchev–Trinajstić information content (AvgIpc) is 3.12. The van der Waals surface area contributed by atoms with Gasteiger partial charge in [0.05, 0.1) is 11.6 Å². The van der Waals surface area contributed by atoms with E-state index in [-0.39, 0.29) is 37.0 Å². The number of aromatic carboxylic acids is 1. The molecule has 0 aliphatic carbocycles. The van der Waals surface area contributed by atoms with Crippen LogP contribution in [0.25, 0.3) is 0 Å². The predicted octanol–water partition coefficient (Wildman–Crippen LogP) is 6.99. The average molecular weight is 741 g/mol. The number of amides is 4. The number of likely N-dealkylation sites (N-methyl/N-ethyl adjacent to an activating group) is 1. The Labute approximate surface area is 319 Å². The molecule has 0 radical (unpaired) electrons. The second-order valence-corrected chi connectivity index (χ2v) is 16.2. The van der Waals surface area contributed by atoms with Crippen molar-refractivity contribution < 1.29 is 33.8 Å². The standard InChI is InChI=1S/C43H56N4O7/c1-10-16-34(30-17-12-11-13-18-30)46(26-29-21-23-31(24-22-29)40(51)52)38(49)35-25-32-19-14-15-20-33(32)27-47(35)39(50)36(42(3,4)5)44-37(48)28(2)45(9)41(53)54-43(6,7)8/h11-15,17-24,28,34-36H,10,16,25-27H2,1-9H3,(H,44,48)(H,51,52)/t28-,34+,35-,36+/m0/s1. The van der Waals surface area contributed by atoms with E-state index in [1.54, 1.807) is 44.7 Å². The van der Waals surface area contributed by atoms with Gasteiger partial charge in [-0.2, -0.15) is 0 Å². The summed E-state index contributed by atoms with van der Waals surface area (Å²) < 4.78 is 5.47. The van der Waals surface area contributed by atoms with Crippen LogP contribution in [-0.4, -0.2) is 80.4 Å². The summed E-state index contributed by atoms with van der Waals surface area (Å²) in [6, 6.07) is 20.8. The van der Waals surface area contributed by atoms with Crippen molar-refractivity contribution in [1.82, 2.24) is 20.0 Å². The zero-order chi connectivity index (χ0) is 40.0. The number of hydrogen-bond donors (Lipinski definition) is 2. The Morgan fingerprint density at radius 2 is 1.48 bits per heavy atom. The predicted molar refractivity (Wildman–Crippen MR) is 207 cm³/mol. The van der Waals surface area contributed by atoms with E-state index in [0.29, 0.717) is 6.42 Å². The normalized spacial score (nSPS) is 15.9. The molecule has 290 valence electrons. The summed E-state index contributed by atoms with van der Waals surface area (Å²) in [5.41, 5.74) is 2.19. The molecule has 0 unspecified atom stereocenters. The molecule has 0 fully saturated rings. The summed E-state index contributed by atoms with van der Waals surface area (Å²) in [5, 5.41) is 12.4. The van der Waals surface area contributed by atoms with Gasteiger partial charge in [0.1, 0.15) is 23.7 Å². The van der Waals surface area contributed by atoms with Crippen LogP contribution in [0.3, 0.4) is 0 Å². The number of carboxylic acids is 1. The van der Waals surface area contributed by atoms with Gasteiger partial charge in [-0.15, -0.1) is 0 Å². The number of benzene rings is 3. The summed E-state index contributed by atoms with van der Waals surface area (Å²) in [7, 11) is 1.48. The fourth-order valence-electron chi connectivity index (χ4n) is 6.65. The van der Waals surface area contributed by atoms with Gasteiger partial charge < -0.3 is 25.0 Å². The molecule has 0 aromatic heterocycles. The Kier molecular flexibility index (Phi) is 13.3. The van der Waals surface area contributed by atoms with Gasteiger partial charge in [0.15, 0.2) is 0 Å². The van der Waals surface area contributed by atoms with Gasteiger partial charge >= 0.3 is 12.1 Å². The van der Waals surface area contributed by atoms with E-state index in [9.17, 15) is 24.3 Å². The molecule has 4 amide bonds. The third kappa shape index (κ3) is 10.3. The summed E-state index contributed by atoms with van der Waals surface area (Å²) in [4.78, 5) is 73.0. The highest BCUT2D eigenvalue weighted by atomic mass is 16.6. The molecule has 3 aromatic rings. The molecule has 0 saturated heterocycles. The maximum Gasteiger partial charge on any atom is 0.410 e. The van der Waals surface area contributed by atoms with Crippen LogP contribution in [0, 0.1) is 5.41 Å². The van der Waals surface area contributed by atoms with Crippen LogP contribution >= 0.6 is 0 Å². The summed E-state index contributed by atoms with van der Waals surface area (Å²) in [6.45, 7) is 14.8. The van der Waals surface area contributed by atoms with Crippen molar-refractivity contribution >= 4 is 29.8 Å². The highest BCUT2D eigenvalue weighted by Gasteiger charge is 2.44. The van der Waals surface area contributed by atoms with Crippen molar-refractivity contribution in [3.8, 4) is 0 Å². The second-order valence-electron chi connectivity index (χ2n) is 16.2. The Bertz CT molecular complexity index is 1800. The lowest BCUT2D eigenvalue weighted by atomic mass is 9.83. The van der Waals surface area contributed by atoms with Crippen LogP contribution in [0.2, 0.25) is 0 Å². The van der Waals surface area contributed by atoms with Crippen molar-refractivity contribution in [3.05, 3.63) is 107 Å². The molecule has 54 heavy (non-hydrogen) atoms. The van der Waals surface area contributed by atoms with Crippen molar-refractivity contribution in [3.63, 3.8) is 0 Å². The Balaban J connectivity index is 1.75. The highest BCUT2D eigenvalue weighted by Crippen LogP contribution is 2.34. The first-order valence-corrected chi connectivity index (χ1v) is 18.6. The van der Waals surface area contributed by atoms with Crippen molar-refractivity contribution in [2.24, 2.45) is 5.41 Å². The fourth-order valence-corrected chi connectivity index (χ4v) is 6.65. The number of nitrogens with one attached hydrogen (secondary N) is 1. The molecule has 4 rings (SSSR count). The lowest BCUT2D eigenvalue weighted by Crippen LogP contribution is -2.62. The lowest BCUT2D eigenvalue weighted by molar-refractivity contribution is -0.152. The van der Waals surface area contributed by atoms with Crippen LogP contribution in [0.1, 0.15) is 107 Å². The van der Waals surface area contributed by atoms with Crippen molar-refractivity contribution in [2.45, 2.75) is 118 Å². The van der Waals surface area contributed by atoms with Crippen molar-refractivity contribution in [2.75, 3.05) is 7.05 Å². The van der Waals surface area contributed by atoms with E-state index >= 15 is 4.79 Å². The molecule has 2 N–H and O–H groups in total. The van der Waals surface area contributed by atoms with Crippen LogP contribution in [0.4, 0.5) is 4.79 Å². The number of fused-ring (bicyclic) bond motifs is 1. The van der Waals surface area contributed by atoms with Gasteiger partial charge in [-0.05, 0) is 73.9 Å². The van der Waals surface area contributed by atoms with E-state index in [1.807, 2.05) is 80.3 Å². The Hall–Kier alpha value is -5.19. The van der Waals surface area contributed by atoms with Gasteiger partial charge in [0.25, 0.3) is 0 Å². The highest BCUT2D eigenvalue weighted by molar-refractivity contribution is 5.95. The van der Waals surface area contributed by atoms with Gasteiger partial charge in [0, 0.05) is 26.6 Å². The number of ether oxygens (including phenoxy) is 1. The molecule has 0 saturated carbocycles. The quantitative estimate of drug-likeness (QED) is 0.204. The monoisotopic (exact) mass is 740 g/mol. The van der Waals surface area contributed by atoms with E-state index in [1.165, 1.54) is 24.1 Å². The van der Waals surface area contributed by atoms with E-state index in [4.69, 9.17) is 4.74 Å². The van der Waals surface area contributed by atoms with Gasteiger partial charge in [-0.1, -0.05) is 101 Å². The minimum absolute atomic E-state index is 0.146. The molecular formula is C43H56N4O7. The third-order valence-corrected chi connectivity index (χ3v) is 9.82. The summed E-state index contributed by atoms with van der Waals surface area (Å²) in [6.07, 6.45) is 1.04. The molecule has 11 heteroatoms. The van der Waals surface area contributed by atoms with Crippen molar-refractivity contribution in [1.29, 1.82) is 0 Å². The number of nitrogens with zero attached hydrogens (tertiary/aromatic N) is 3. The van der Waals surface area contributed by atoms with Crippen LogP contribution in [-0.2, 0) is 38.6 Å². The van der Waals surface area contributed by atoms with Gasteiger partial charge in [-0.3, -0.25) is 19.3 Å². The van der Waals surface area contributed by atoms with E-state index < -0.39 is 53.0 Å². The summed E-state index contributed by atoms with van der Waals surface area (Å²) in [5.74, 6) is -2.23. The molecule has 4 atom stereocenters. The van der Waals surface area contributed by atoms with Crippen LogP contribution < -0.4 is 5.32 Å². The number of carbonyl (C=O) groups is 5. The molecular weight excluding hydrogens is 684 g/mol. The first-order chi connectivity index (χ1) is 25.3. The molecule has 11 nitrogen and oxygen atoms in total. The zero-order valence-corrected chi connectivity index (χ0v) is 33.1. The largest absolute Gasteiger partial charge is 0.478 e. The Morgan fingerprint density at radius 3 is 2.04 bits per heavy atom. The van der Waals surface area contributed by atoms with E-state index in [0.717, 1.165) is 28.7 Å². The zero-order valence-electron chi connectivity index (χ0n) is 33.1. The van der Waals surface area contributed by atoms with Crippen LogP contribution in [0.15, 0.2) is 78.9 Å². The first kappa shape index (κ1) is 41.6. The summed E-state index contributed by atoms with van der Waals surface area (Å²) >= 11 is 0. The van der Waals surface area contributed by atoms with Gasteiger partial charge in [-0.25, -0.2) is 9.59 Å². The molecule has 1 aliphatic heterocycles. The SMILES string of the molecule is CCC[C@H](c1ccccc1)N(Cc1ccc(C(=O)O)cc1)C(=O)[C@@H]1Cc2ccccc2CN1C(=O)[C@@H](NC(=O)[C@H](C)N(C)C(=O)OC(C)(C)C)C(C)(C)C. The molecule has 0 spiro atoms. The first-order valence-electron chi connectivity index (χ1n) is 18.6. The maximum atomic E-state index is 15.3. The molecule has 3 aromatic carbocycles. The third-order valence-electron chi connectivity index (χ3n) is 9.82. The number of carboxylic acid groups (broad SMARTS) is 1. The maximum absolute atomic E-state index is 15.3. The van der Waals surface area contributed by atoms with E-state index in [2.05, 4.69) is 12.2 Å². The second kappa shape index (κ2) is 17.3. The minimum Gasteiger partial charge on any atom is -0.478 e. The fraction of sp³-hybridized carbons (Fsp3) is 0.465. The lowest BCUT2D eigenvalue weighted by Gasteiger charge is -2.44. The molecule has 1 heterocycles. The topological polar surface area (TPSA) is 137 Å². The number of hydrogen-bond acceptors (Lipinski definition) is 6. The van der Waals surface area contributed by atoms with Gasteiger partial charge in [0.2, 0.25) is 17.7 Å². The Morgan fingerprint density at radius 1 is 0.889 bits per heavy atom. The molecule has 0 bridgehead atoms. The number of carbonyl (C=O) groups excluding carboxylic acids is 4.